The number of rotatable bonds is 1. The highest BCUT2D eigenvalue weighted by atomic mass is 16.6. The smallest absolute Gasteiger partial charge is 0.0847 e. The highest BCUT2D eigenvalue weighted by Crippen LogP contribution is 2.69. The van der Waals surface area contributed by atoms with Gasteiger partial charge >= 0.3 is 0 Å². The predicted octanol–water partition coefficient (Wildman–Crippen LogP) is 4.17. The summed E-state index contributed by atoms with van der Waals surface area (Å²) in [5.41, 5.74) is 0.556. The molecule has 0 spiro atoms. The zero-order chi connectivity index (χ0) is 16.7. The van der Waals surface area contributed by atoms with E-state index in [1.807, 2.05) is 7.11 Å². The van der Waals surface area contributed by atoms with Gasteiger partial charge in [0.2, 0.25) is 0 Å². The van der Waals surface area contributed by atoms with Crippen molar-refractivity contribution in [1.29, 1.82) is 5.26 Å². The Morgan fingerprint density at radius 1 is 1.04 bits per heavy atom. The van der Waals surface area contributed by atoms with Crippen LogP contribution in [0, 0.1) is 51.8 Å². The molecule has 0 N–H and O–H groups in total. The van der Waals surface area contributed by atoms with Gasteiger partial charge in [0.15, 0.2) is 0 Å². The van der Waals surface area contributed by atoms with Gasteiger partial charge in [0, 0.05) is 7.11 Å². The van der Waals surface area contributed by atoms with E-state index < -0.39 is 0 Å². The van der Waals surface area contributed by atoms with Crippen LogP contribution >= 0.6 is 0 Å². The van der Waals surface area contributed by atoms with Crippen molar-refractivity contribution in [2.75, 3.05) is 7.11 Å². The first-order valence-electron chi connectivity index (χ1n) is 10.1. The Balaban J connectivity index is 1.53. The number of nitriles is 1. The molecule has 3 heteroatoms. The monoisotopic (exact) mass is 329 g/mol. The Morgan fingerprint density at radius 3 is 2.62 bits per heavy atom. The molecule has 5 aliphatic rings. The molecule has 132 valence electrons. The molecule has 24 heavy (non-hydrogen) atoms. The lowest BCUT2D eigenvalue weighted by atomic mass is 9.44. The molecule has 0 bridgehead atoms. The van der Waals surface area contributed by atoms with Gasteiger partial charge in [-0.05, 0) is 79.4 Å². The Labute approximate surface area is 146 Å². The van der Waals surface area contributed by atoms with Crippen molar-refractivity contribution in [1.82, 2.24) is 0 Å². The molecule has 5 fully saturated rings. The van der Waals surface area contributed by atoms with Crippen molar-refractivity contribution in [2.24, 2.45) is 40.4 Å². The van der Waals surface area contributed by atoms with E-state index in [-0.39, 0.29) is 11.3 Å². The number of epoxide rings is 1. The standard InChI is InChI=1S/C21H31NO2/c1-20-10-18(23-3)19-14(15(20)7-5-13(20)11-22)6-4-12-8-16-17(24-16)9-21(12,19)2/h12-19H,4-10H2,1-3H3/t12-,13+,14-,15-,16-,17+,18-,19+,20+,21-/m0/s1. The molecule has 0 aromatic rings. The van der Waals surface area contributed by atoms with Gasteiger partial charge in [0.1, 0.15) is 0 Å². The molecule has 4 aliphatic carbocycles. The summed E-state index contributed by atoms with van der Waals surface area (Å²) in [6.45, 7) is 4.95. The zero-order valence-corrected chi connectivity index (χ0v) is 15.3. The maximum absolute atomic E-state index is 9.70. The lowest BCUT2D eigenvalue weighted by Gasteiger charge is -2.61. The summed E-state index contributed by atoms with van der Waals surface area (Å²) in [5.74, 6) is 3.20. The van der Waals surface area contributed by atoms with Crippen LogP contribution in [0.15, 0.2) is 0 Å². The Hall–Kier alpha value is -0.590. The van der Waals surface area contributed by atoms with Crippen LogP contribution in [-0.2, 0) is 9.47 Å². The molecule has 5 rings (SSSR count). The van der Waals surface area contributed by atoms with Crippen molar-refractivity contribution in [2.45, 2.75) is 77.1 Å². The van der Waals surface area contributed by atoms with E-state index in [0.29, 0.717) is 29.6 Å². The summed E-state index contributed by atoms with van der Waals surface area (Å²) in [6, 6.07) is 2.65. The molecular weight excluding hydrogens is 298 g/mol. The quantitative estimate of drug-likeness (QED) is 0.678. The van der Waals surface area contributed by atoms with E-state index in [9.17, 15) is 5.26 Å². The first kappa shape index (κ1) is 15.6. The maximum Gasteiger partial charge on any atom is 0.0847 e. The van der Waals surface area contributed by atoms with Crippen LogP contribution in [-0.4, -0.2) is 25.4 Å². The van der Waals surface area contributed by atoms with Gasteiger partial charge in [-0.25, -0.2) is 0 Å². The van der Waals surface area contributed by atoms with Crippen molar-refractivity contribution in [3.8, 4) is 6.07 Å². The Morgan fingerprint density at radius 2 is 1.88 bits per heavy atom. The van der Waals surface area contributed by atoms with Crippen LogP contribution in [0.4, 0.5) is 0 Å². The number of hydrogen-bond donors (Lipinski definition) is 0. The van der Waals surface area contributed by atoms with Gasteiger partial charge in [0.05, 0.1) is 30.3 Å². The van der Waals surface area contributed by atoms with Gasteiger partial charge in [-0.1, -0.05) is 13.8 Å². The van der Waals surface area contributed by atoms with Crippen LogP contribution in [0.25, 0.3) is 0 Å². The van der Waals surface area contributed by atoms with Gasteiger partial charge in [-0.3, -0.25) is 0 Å². The van der Waals surface area contributed by atoms with Gasteiger partial charge in [-0.2, -0.15) is 5.26 Å². The fraction of sp³-hybridized carbons (Fsp3) is 0.952. The third-order valence-corrected chi connectivity index (χ3v) is 9.28. The van der Waals surface area contributed by atoms with Crippen molar-refractivity contribution < 1.29 is 9.47 Å². The number of fused-ring (bicyclic) bond motifs is 6. The lowest BCUT2D eigenvalue weighted by Crippen LogP contribution is -2.59. The van der Waals surface area contributed by atoms with Crippen molar-refractivity contribution in [3.05, 3.63) is 0 Å². The minimum absolute atomic E-state index is 0.174. The first-order valence-corrected chi connectivity index (χ1v) is 10.1. The average Bonchev–Trinajstić information content (AvgIpc) is 3.21. The van der Waals surface area contributed by atoms with Crippen molar-refractivity contribution >= 4 is 0 Å². The van der Waals surface area contributed by atoms with E-state index >= 15 is 0 Å². The van der Waals surface area contributed by atoms with E-state index in [4.69, 9.17) is 9.47 Å². The molecule has 10 atom stereocenters. The lowest BCUT2D eigenvalue weighted by molar-refractivity contribution is -0.172. The molecule has 0 radical (unpaired) electrons. The Bertz CT molecular complexity index is 585. The summed E-state index contributed by atoms with van der Waals surface area (Å²) in [7, 11) is 1.91. The summed E-state index contributed by atoms with van der Waals surface area (Å²) in [5, 5.41) is 9.70. The van der Waals surface area contributed by atoms with Crippen LogP contribution in [0.3, 0.4) is 0 Å². The van der Waals surface area contributed by atoms with Crippen LogP contribution in [0.1, 0.15) is 58.8 Å². The normalized spacial score (nSPS) is 61.1. The molecule has 3 nitrogen and oxygen atoms in total. The van der Waals surface area contributed by atoms with Gasteiger partial charge in [-0.15, -0.1) is 0 Å². The van der Waals surface area contributed by atoms with Crippen LogP contribution in [0.5, 0.6) is 0 Å². The topological polar surface area (TPSA) is 45.5 Å². The highest BCUT2D eigenvalue weighted by Gasteiger charge is 2.66. The largest absolute Gasteiger partial charge is 0.381 e. The number of ether oxygens (including phenoxy) is 2. The first-order chi connectivity index (χ1) is 11.5. The third-order valence-electron chi connectivity index (χ3n) is 9.28. The Kier molecular flexibility index (Phi) is 3.25. The molecule has 0 amide bonds. The van der Waals surface area contributed by atoms with Crippen molar-refractivity contribution in [3.63, 3.8) is 0 Å². The fourth-order valence-electron chi connectivity index (χ4n) is 8.05. The fourth-order valence-corrected chi connectivity index (χ4v) is 8.05. The number of methoxy groups -OCH3 is 1. The molecular formula is C21H31NO2. The molecule has 1 heterocycles. The van der Waals surface area contributed by atoms with E-state index in [1.54, 1.807) is 0 Å². The minimum atomic E-state index is 0.174. The summed E-state index contributed by atoms with van der Waals surface area (Å²) in [4.78, 5) is 0. The predicted molar refractivity (Wildman–Crippen MR) is 91.1 cm³/mol. The third kappa shape index (κ3) is 1.85. The highest BCUT2D eigenvalue weighted by molar-refractivity contribution is 5.16. The molecule has 0 aromatic heterocycles. The zero-order valence-electron chi connectivity index (χ0n) is 15.3. The van der Waals surface area contributed by atoms with E-state index in [2.05, 4.69) is 19.9 Å². The molecule has 4 saturated carbocycles. The van der Waals surface area contributed by atoms with Crippen LogP contribution < -0.4 is 0 Å². The molecule has 0 unspecified atom stereocenters. The van der Waals surface area contributed by atoms with E-state index in [1.165, 1.54) is 32.1 Å². The second kappa shape index (κ2) is 4.98. The summed E-state index contributed by atoms with van der Waals surface area (Å²) in [6.07, 6.45) is 10.1. The SMILES string of the molecule is CO[C@H]1C[C@]2(C)[C@@H](C#N)CC[C@H]2[C@@H]2CC[C@H]3C[C@@H]4O[C@@H]4C[C@]3(C)[C@H]21. The second-order valence-electron chi connectivity index (χ2n) is 9.97. The minimum Gasteiger partial charge on any atom is -0.381 e. The summed E-state index contributed by atoms with van der Waals surface area (Å²) >= 11 is 0. The van der Waals surface area contributed by atoms with Crippen LogP contribution in [0.2, 0.25) is 0 Å². The molecule has 0 aromatic carbocycles. The summed E-state index contributed by atoms with van der Waals surface area (Å²) < 4.78 is 12.1. The van der Waals surface area contributed by atoms with Gasteiger partial charge in [0.25, 0.3) is 0 Å². The number of nitrogens with zero attached hydrogens (tertiary/aromatic N) is 1. The van der Waals surface area contributed by atoms with E-state index in [0.717, 1.165) is 30.6 Å². The number of hydrogen-bond acceptors (Lipinski definition) is 3. The molecule has 1 aliphatic heterocycles. The average molecular weight is 329 g/mol. The maximum atomic E-state index is 9.70. The second-order valence-corrected chi connectivity index (χ2v) is 9.97. The van der Waals surface area contributed by atoms with Gasteiger partial charge < -0.3 is 9.47 Å². The molecule has 1 saturated heterocycles.